The highest BCUT2D eigenvalue weighted by Crippen LogP contribution is 2.15. The van der Waals surface area contributed by atoms with Crippen LogP contribution in [0.1, 0.15) is 19.4 Å². The van der Waals surface area contributed by atoms with Gasteiger partial charge in [-0.25, -0.2) is 0 Å². The van der Waals surface area contributed by atoms with Gasteiger partial charge in [0.05, 0.1) is 4.92 Å². The molecule has 1 rings (SSSR count). The van der Waals surface area contributed by atoms with E-state index in [0.29, 0.717) is 13.0 Å². The minimum Gasteiger partial charge on any atom is -0.351 e. The Morgan fingerprint density at radius 2 is 2.53 bits per heavy atom. The van der Waals surface area contributed by atoms with Crippen LogP contribution in [0.4, 0.5) is 5.69 Å². The van der Waals surface area contributed by atoms with E-state index in [1.807, 2.05) is 6.92 Å². The van der Waals surface area contributed by atoms with E-state index >= 15 is 0 Å². The quantitative estimate of drug-likeness (QED) is 0.455. The predicted molar refractivity (Wildman–Crippen MR) is 61.4 cm³/mol. The van der Waals surface area contributed by atoms with Gasteiger partial charge in [-0.3, -0.25) is 19.6 Å². The largest absolute Gasteiger partial charge is 0.351 e. The summed E-state index contributed by atoms with van der Waals surface area (Å²) in [5.74, 6) is -0.231. The van der Waals surface area contributed by atoms with Gasteiger partial charge in [-0.05, 0) is 6.42 Å². The molecule has 92 valence electrons. The van der Waals surface area contributed by atoms with Crippen LogP contribution in [0.15, 0.2) is 25.0 Å². The number of nitrogens with zero attached hydrogens (tertiary/aromatic N) is 3. The minimum absolute atomic E-state index is 0.125. The van der Waals surface area contributed by atoms with Crippen molar-refractivity contribution in [3.05, 3.63) is 35.2 Å². The maximum atomic E-state index is 11.7. The van der Waals surface area contributed by atoms with E-state index in [1.165, 1.54) is 10.9 Å². The second-order valence-electron chi connectivity index (χ2n) is 3.39. The summed E-state index contributed by atoms with van der Waals surface area (Å²) in [6, 6.07) is -0.538. The highest BCUT2D eigenvalue weighted by molar-refractivity contribution is 5.80. The van der Waals surface area contributed by atoms with Gasteiger partial charge in [-0.15, -0.1) is 6.58 Å². The Morgan fingerprint density at radius 3 is 3.00 bits per heavy atom. The first-order valence-corrected chi connectivity index (χ1v) is 5.17. The molecule has 7 heteroatoms. The number of carbonyl (C=O) groups excluding carboxylic acids is 1. The lowest BCUT2D eigenvalue weighted by Crippen LogP contribution is -2.32. The van der Waals surface area contributed by atoms with E-state index in [1.54, 1.807) is 6.08 Å². The third kappa shape index (κ3) is 3.13. The summed E-state index contributed by atoms with van der Waals surface area (Å²) in [4.78, 5) is 21.7. The first-order valence-electron chi connectivity index (χ1n) is 5.17. The summed E-state index contributed by atoms with van der Waals surface area (Å²) in [7, 11) is 0. The van der Waals surface area contributed by atoms with E-state index in [2.05, 4.69) is 17.0 Å². The molecule has 7 nitrogen and oxygen atoms in total. The maximum absolute atomic E-state index is 11.7. The summed E-state index contributed by atoms with van der Waals surface area (Å²) in [6.07, 6.45) is 4.45. The lowest BCUT2D eigenvalue weighted by molar-refractivity contribution is -0.385. The van der Waals surface area contributed by atoms with Gasteiger partial charge in [-0.1, -0.05) is 13.0 Å². The molecular weight excluding hydrogens is 224 g/mol. The second kappa shape index (κ2) is 5.78. The highest BCUT2D eigenvalue weighted by Gasteiger charge is 2.21. The van der Waals surface area contributed by atoms with E-state index in [9.17, 15) is 14.9 Å². The molecule has 0 fully saturated rings. The Balaban J connectivity index is 2.81. The number of hydrogen-bond acceptors (Lipinski definition) is 4. The van der Waals surface area contributed by atoms with E-state index < -0.39 is 11.0 Å². The van der Waals surface area contributed by atoms with Crippen LogP contribution in [0.2, 0.25) is 0 Å². The first kappa shape index (κ1) is 12.9. The Morgan fingerprint density at radius 1 is 1.82 bits per heavy atom. The summed E-state index contributed by atoms with van der Waals surface area (Å²) in [6.45, 7) is 5.66. The molecule has 1 atom stereocenters. The monoisotopic (exact) mass is 238 g/mol. The Labute approximate surface area is 98.3 Å². The van der Waals surface area contributed by atoms with Gasteiger partial charge in [-0.2, -0.15) is 5.10 Å². The van der Waals surface area contributed by atoms with Crippen molar-refractivity contribution in [2.24, 2.45) is 0 Å². The summed E-state index contributed by atoms with van der Waals surface area (Å²) < 4.78 is 1.30. The molecule has 0 bridgehead atoms. The lowest BCUT2D eigenvalue weighted by atomic mass is 10.2. The number of nitrogens with one attached hydrogen (secondary N) is 1. The molecule has 0 aliphatic carbocycles. The molecule has 1 aromatic rings. The molecule has 1 heterocycles. The highest BCUT2D eigenvalue weighted by atomic mass is 16.6. The van der Waals surface area contributed by atoms with Crippen molar-refractivity contribution in [1.82, 2.24) is 15.1 Å². The molecule has 17 heavy (non-hydrogen) atoms. The fourth-order valence-corrected chi connectivity index (χ4v) is 1.38. The van der Waals surface area contributed by atoms with Crippen LogP contribution in [-0.2, 0) is 4.79 Å². The zero-order chi connectivity index (χ0) is 12.8. The molecule has 1 amide bonds. The summed E-state index contributed by atoms with van der Waals surface area (Å²) in [5.41, 5.74) is -0.125. The topological polar surface area (TPSA) is 90.1 Å². The fourth-order valence-electron chi connectivity index (χ4n) is 1.38. The van der Waals surface area contributed by atoms with Crippen LogP contribution in [0.3, 0.4) is 0 Å². The molecule has 0 aromatic carbocycles. The molecule has 0 radical (unpaired) electrons. The summed E-state index contributed by atoms with van der Waals surface area (Å²) in [5, 5.41) is 17.0. The van der Waals surface area contributed by atoms with Crippen LogP contribution in [0.25, 0.3) is 0 Å². The molecule has 0 aliphatic rings. The molecule has 0 saturated carbocycles. The van der Waals surface area contributed by atoms with Crippen LogP contribution in [0.5, 0.6) is 0 Å². The van der Waals surface area contributed by atoms with Crippen molar-refractivity contribution in [2.75, 3.05) is 6.54 Å². The Kier molecular flexibility index (Phi) is 4.38. The normalized spacial score (nSPS) is 11.8. The predicted octanol–water partition coefficient (Wildman–Crippen LogP) is 1.04. The van der Waals surface area contributed by atoms with Crippen molar-refractivity contribution in [1.29, 1.82) is 0 Å². The molecular formula is C10H14N4O3. The Bertz CT molecular complexity index is 427. The zero-order valence-corrected chi connectivity index (χ0v) is 9.50. The molecule has 0 spiro atoms. The number of rotatable bonds is 6. The average molecular weight is 238 g/mol. The van der Waals surface area contributed by atoms with Gasteiger partial charge < -0.3 is 5.32 Å². The molecule has 0 aliphatic heterocycles. The van der Waals surface area contributed by atoms with Gasteiger partial charge in [0.1, 0.15) is 18.4 Å². The van der Waals surface area contributed by atoms with Gasteiger partial charge >= 0.3 is 5.69 Å². The van der Waals surface area contributed by atoms with Crippen molar-refractivity contribution in [3.8, 4) is 0 Å². The van der Waals surface area contributed by atoms with Crippen LogP contribution < -0.4 is 5.32 Å². The third-order valence-electron chi connectivity index (χ3n) is 2.23. The standard InChI is InChI=1S/C10H14N4O3/c1-3-5-11-10(15)9(4-2)13-7-8(6-12-13)14(16)17/h3,6-7,9H,1,4-5H2,2H3,(H,11,15). The number of nitro groups is 1. The van der Waals surface area contributed by atoms with Crippen molar-refractivity contribution >= 4 is 11.6 Å². The molecule has 1 unspecified atom stereocenters. The maximum Gasteiger partial charge on any atom is 0.307 e. The smallest absolute Gasteiger partial charge is 0.307 e. The SMILES string of the molecule is C=CCNC(=O)C(CC)n1cc([N+](=O)[O-])cn1. The third-order valence-corrected chi connectivity index (χ3v) is 2.23. The van der Waals surface area contributed by atoms with Gasteiger partial charge in [0, 0.05) is 6.54 Å². The minimum atomic E-state index is -0.544. The van der Waals surface area contributed by atoms with Crippen molar-refractivity contribution in [3.63, 3.8) is 0 Å². The second-order valence-corrected chi connectivity index (χ2v) is 3.39. The zero-order valence-electron chi connectivity index (χ0n) is 9.50. The van der Waals surface area contributed by atoms with Gasteiger partial charge in [0.2, 0.25) is 5.91 Å². The number of carbonyl (C=O) groups is 1. The van der Waals surface area contributed by atoms with Crippen LogP contribution in [-0.4, -0.2) is 27.2 Å². The number of hydrogen-bond donors (Lipinski definition) is 1. The van der Waals surface area contributed by atoms with E-state index in [0.717, 1.165) is 6.20 Å². The fraction of sp³-hybridized carbons (Fsp3) is 0.400. The van der Waals surface area contributed by atoms with Crippen molar-refractivity contribution in [2.45, 2.75) is 19.4 Å². The first-order chi connectivity index (χ1) is 8.10. The van der Waals surface area contributed by atoms with E-state index in [4.69, 9.17) is 0 Å². The van der Waals surface area contributed by atoms with Crippen LogP contribution in [0, 0.1) is 10.1 Å². The van der Waals surface area contributed by atoms with E-state index in [-0.39, 0.29) is 11.6 Å². The summed E-state index contributed by atoms with van der Waals surface area (Å²) >= 11 is 0. The Hall–Kier alpha value is -2.18. The average Bonchev–Trinajstić information content (AvgIpc) is 2.77. The molecule has 0 saturated heterocycles. The molecule has 1 aromatic heterocycles. The lowest BCUT2D eigenvalue weighted by Gasteiger charge is -2.14. The molecule has 1 N–H and O–H groups in total. The van der Waals surface area contributed by atoms with Crippen molar-refractivity contribution < 1.29 is 9.72 Å². The number of aromatic nitrogens is 2. The number of amides is 1. The van der Waals surface area contributed by atoms with Gasteiger partial charge in [0.25, 0.3) is 0 Å². The van der Waals surface area contributed by atoms with Gasteiger partial charge in [0.15, 0.2) is 0 Å². The van der Waals surface area contributed by atoms with Crippen LogP contribution >= 0.6 is 0 Å².